The molecule has 33 heavy (non-hydrogen) atoms. The average Bonchev–Trinajstić information content (AvgIpc) is 3.51. The van der Waals surface area contributed by atoms with Crippen LogP contribution in [0.15, 0.2) is 91.4 Å². The molecule has 0 aliphatic carbocycles. The van der Waals surface area contributed by atoms with Crippen LogP contribution in [-0.4, -0.2) is 34.9 Å². The van der Waals surface area contributed by atoms with Gasteiger partial charge in [0.05, 0.1) is 5.01 Å². The van der Waals surface area contributed by atoms with Gasteiger partial charge in [-0.05, 0) is 64.4 Å². The predicted molar refractivity (Wildman–Crippen MR) is 135 cm³/mol. The van der Waals surface area contributed by atoms with Crippen LogP contribution in [0, 0.1) is 34.6 Å². The number of nitrogens with one attached hydrogen (secondary N) is 1. The Hall–Kier alpha value is -3.78. The lowest BCUT2D eigenvalue weighted by molar-refractivity contribution is 1.05. The minimum Gasteiger partial charge on any atom is -0.349 e. The fourth-order valence-corrected chi connectivity index (χ4v) is 2.35. The summed E-state index contributed by atoms with van der Waals surface area (Å²) in [6.45, 7) is 9.76. The monoisotopic (exact) mass is 461 g/mol. The summed E-state index contributed by atoms with van der Waals surface area (Å²) in [6.07, 6.45) is 14.2. The molecule has 0 spiro atoms. The number of nitrogens with zero attached hydrogens (tertiary/aromatic N) is 6. The summed E-state index contributed by atoms with van der Waals surface area (Å²) in [7, 11) is 0. The zero-order valence-electron chi connectivity index (χ0n) is 19.8. The SMILES string of the molecule is Cc1ccccn1.Cc1cccnc1.Cc1ncc[nH]1.Cc1ncccn1.Cc1nccs1. The Morgan fingerprint density at radius 1 is 0.667 bits per heavy atom. The van der Waals surface area contributed by atoms with Gasteiger partial charge >= 0.3 is 0 Å². The van der Waals surface area contributed by atoms with E-state index in [9.17, 15) is 0 Å². The number of H-pyrrole nitrogens is 1. The number of aromatic nitrogens is 7. The van der Waals surface area contributed by atoms with Crippen LogP contribution >= 0.6 is 11.3 Å². The second-order valence-electron chi connectivity index (χ2n) is 6.52. The first-order valence-corrected chi connectivity index (χ1v) is 11.1. The molecule has 5 heterocycles. The lowest BCUT2D eigenvalue weighted by Gasteiger charge is -1.82. The maximum atomic E-state index is 3.98. The van der Waals surface area contributed by atoms with Gasteiger partial charge in [-0.25, -0.2) is 15.0 Å². The lowest BCUT2D eigenvalue weighted by atomic mass is 10.3. The topological polar surface area (TPSA) is 93.1 Å². The molecular weight excluding hydrogens is 430 g/mol. The molecule has 8 heteroatoms. The molecule has 0 unspecified atom stereocenters. The third-order valence-electron chi connectivity index (χ3n) is 3.51. The van der Waals surface area contributed by atoms with Crippen molar-refractivity contribution in [2.45, 2.75) is 34.6 Å². The number of aryl methyl sites for hydroxylation is 5. The Morgan fingerprint density at radius 3 is 1.67 bits per heavy atom. The summed E-state index contributed by atoms with van der Waals surface area (Å²) in [5.41, 5.74) is 2.28. The van der Waals surface area contributed by atoms with E-state index in [2.05, 4.69) is 34.9 Å². The van der Waals surface area contributed by atoms with Crippen LogP contribution in [0.2, 0.25) is 0 Å². The van der Waals surface area contributed by atoms with E-state index in [0.717, 1.165) is 22.4 Å². The number of aromatic amines is 1. The molecule has 0 fully saturated rings. The molecule has 0 atom stereocenters. The van der Waals surface area contributed by atoms with Crippen LogP contribution in [0.4, 0.5) is 0 Å². The van der Waals surface area contributed by atoms with E-state index in [1.165, 1.54) is 5.56 Å². The predicted octanol–water partition coefficient (Wildman–Crippen LogP) is 5.73. The zero-order chi connectivity index (χ0) is 24.2. The van der Waals surface area contributed by atoms with Crippen LogP contribution in [0.3, 0.4) is 0 Å². The lowest BCUT2D eigenvalue weighted by Crippen LogP contribution is -1.80. The number of hydrogen-bond donors (Lipinski definition) is 1. The Kier molecular flexibility index (Phi) is 14.7. The highest BCUT2D eigenvalue weighted by Crippen LogP contribution is 1.98. The smallest absolute Gasteiger partial charge is 0.125 e. The molecule has 5 aromatic heterocycles. The van der Waals surface area contributed by atoms with Gasteiger partial charge in [-0.15, -0.1) is 11.3 Å². The van der Waals surface area contributed by atoms with Crippen molar-refractivity contribution in [2.24, 2.45) is 0 Å². The van der Waals surface area contributed by atoms with Crippen LogP contribution in [0.5, 0.6) is 0 Å². The summed E-state index contributed by atoms with van der Waals surface area (Å²) in [4.78, 5) is 26.3. The third kappa shape index (κ3) is 16.6. The van der Waals surface area contributed by atoms with Gasteiger partial charge in [0.1, 0.15) is 11.6 Å². The van der Waals surface area contributed by atoms with Gasteiger partial charge in [0.2, 0.25) is 0 Å². The van der Waals surface area contributed by atoms with Crippen LogP contribution in [0.1, 0.15) is 27.9 Å². The van der Waals surface area contributed by atoms with E-state index >= 15 is 0 Å². The van der Waals surface area contributed by atoms with E-state index in [-0.39, 0.29) is 0 Å². The molecule has 172 valence electrons. The fourth-order valence-electron chi connectivity index (χ4n) is 1.91. The summed E-state index contributed by atoms with van der Waals surface area (Å²) in [5, 5.41) is 3.10. The van der Waals surface area contributed by atoms with Crippen molar-refractivity contribution in [1.29, 1.82) is 0 Å². The Bertz CT molecular complexity index is 917. The number of pyridine rings is 2. The molecule has 5 aromatic rings. The first-order valence-electron chi connectivity index (χ1n) is 10.3. The minimum atomic E-state index is 0.822. The average molecular weight is 462 g/mol. The van der Waals surface area contributed by atoms with Crippen molar-refractivity contribution < 1.29 is 0 Å². The Morgan fingerprint density at radius 2 is 1.42 bits per heavy atom. The number of rotatable bonds is 0. The van der Waals surface area contributed by atoms with Gasteiger partial charge in [0.25, 0.3) is 0 Å². The molecule has 0 aliphatic rings. The summed E-state index contributed by atoms with van der Waals surface area (Å²) in [5.74, 6) is 1.79. The van der Waals surface area contributed by atoms with Crippen molar-refractivity contribution in [3.05, 3.63) is 119 Å². The standard InChI is InChI=1S/2C6H7N.C5H6N2.C4H6N2.C4H5NS/c1-6-3-2-4-7-5-6;1-6-4-2-3-5-7-6;1-5-6-3-2-4-7-5;2*1-4-5-2-3-6-4/h2*2-5H,1H3;2-4H,1H3;2-3H,1H3,(H,5,6);2-3H,1H3. The van der Waals surface area contributed by atoms with E-state index in [4.69, 9.17) is 0 Å². The summed E-state index contributed by atoms with van der Waals surface area (Å²) in [6, 6.07) is 11.6. The third-order valence-corrected chi connectivity index (χ3v) is 4.21. The number of thiazole rings is 1. The highest BCUT2D eigenvalue weighted by Gasteiger charge is 1.77. The normalized spacial score (nSPS) is 8.76. The van der Waals surface area contributed by atoms with E-state index in [1.54, 1.807) is 60.8 Å². The zero-order valence-corrected chi connectivity index (χ0v) is 20.6. The summed E-state index contributed by atoms with van der Waals surface area (Å²) >= 11 is 1.67. The van der Waals surface area contributed by atoms with Gasteiger partial charge in [-0.3, -0.25) is 15.0 Å². The van der Waals surface area contributed by atoms with Gasteiger partial charge in [0.15, 0.2) is 0 Å². The summed E-state index contributed by atoms with van der Waals surface area (Å²) < 4.78 is 0. The van der Waals surface area contributed by atoms with Crippen molar-refractivity contribution in [3.63, 3.8) is 0 Å². The molecule has 0 saturated carbocycles. The van der Waals surface area contributed by atoms with E-state index in [0.29, 0.717) is 0 Å². The number of hydrogen-bond acceptors (Lipinski definition) is 7. The number of imidazole rings is 1. The van der Waals surface area contributed by atoms with Gasteiger partial charge in [-0.1, -0.05) is 12.1 Å². The van der Waals surface area contributed by atoms with Crippen molar-refractivity contribution >= 4 is 11.3 Å². The van der Waals surface area contributed by atoms with Gasteiger partial charge < -0.3 is 4.98 Å². The molecule has 7 nitrogen and oxygen atoms in total. The first kappa shape index (κ1) is 27.3. The first-order chi connectivity index (χ1) is 16.0. The van der Waals surface area contributed by atoms with Crippen molar-refractivity contribution in [3.8, 4) is 0 Å². The van der Waals surface area contributed by atoms with Crippen LogP contribution in [-0.2, 0) is 0 Å². The van der Waals surface area contributed by atoms with Crippen molar-refractivity contribution in [2.75, 3.05) is 0 Å². The Labute approximate surface area is 200 Å². The fraction of sp³-hybridized carbons (Fsp3) is 0.200. The van der Waals surface area contributed by atoms with Gasteiger partial charge in [-0.2, -0.15) is 0 Å². The molecule has 0 aliphatic heterocycles. The van der Waals surface area contributed by atoms with Gasteiger partial charge in [0, 0.05) is 60.6 Å². The molecular formula is C25H31N7S. The minimum absolute atomic E-state index is 0.822. The molecule has 0 amide bonds. The second kappa shape index (κ2) is 17.9. The molecule has 1 N–H and O–H groups in total. The molecule has 0 radical (unpaired) electrons. The largest absolute Gasteiger partial charge is 0.349 e. The molecule has 0 saturated heterocycles. The second-order valence-corrected chi connectivity index (χ2v) is 7.62. The quantitative estimate of drug-likeness (QED) is 0.316. The van der Waals surface area contributed by atoms with Crippen LogP contribution in [0.25, 0.3) is 0 Å². The van der Waals surface area contributed by atoms with Crippen LogP contribution < -0.4 is 0 Å². The maximum Gasteiger partial charge on any atom is 0.125 e. The molecule has 5 rings (SSSR count). The maximum absolute atomic E-state index is 3.98. The van der Waals surface area contributed by atoms with E-state index < -0.39 is 0 Å². The molecule has 0 bridgehead atoms. The highest BCUT2D eigenvalue weighted by atomic mass is 32.1. The highest BCUT2D eigenvalue weighted by molar-refractivity contribution is 7.09. The van der Waals surface area contributed by atoms with Crippen molar-refractivity contribution in [1.82, 2.24) is 34.9 Å². The molecule has 0 aromatic carbocycles. The Balaban J connectivity index is 0.000000207. The van der Waals surface area contributed by atoms with E-state index in [1.807, 2.05) is 76.5 Å².